The fourth-order valence-corrected chi connectivity index (χ4v) is 2.25. The summed E-state index contributed by atoms with van der Waals surface area (Å²) in [4.78, 5) is 0. The van der Waals surface area contributed by atoms with Gasteiger partial charge in [-0.1, -0.05) is 23.2 Å². The lowest BCUT2D eigenvalue weighted by Gasteiger charge is -2.14. The zero-order valence-corrected chi connectivity index (χ0v) is 10.9. The van der Waals surface area contributed by atoms with Crippen molar-refractivity contribution in [3.63, 3.8) is 0 Å². The van der Waals surface area contributed by atoms with Gasteiger partial charge < -0.3 is 5.73 Å². The summed E-state index contributed by atoms with van der Waals surface area (Å²) in [5, 5.41) is 0.641. The van der Waals surface area contributed by atoms with Gasteiger partial charge in [-0.25, -0.2) is 13.2 Å². The fourth-order valence-electron chi connectivity index (χ4n) is 1.71. The van der Waals surface area contributed by atoms with E-state index < -0.39 is 23.5 Å². The van der Waals surface area contributed by atoms with Crippen LogP contribution in [0.1, 0.15) is 17.2 Å². The Hall–Kier alpha value is -1.23. The second-order valence-electron chi connectivity index (χ2n) is 3.97. The Morgan fingerprint density at radius 3 is 1.89 bits per heavy atom. The fraction of sp³-hybridized carbons (Fsp3) is 0.0769. The van der Waals surface area contributed by atoms with Gasteiger partial charge in [0.05, 0.1) is 6.04 Å². The molecule has 2 N–H and O–H groups in total. The molecule has 0 amide bonds. The molecule has 0 aromatic heterocycles. The van der Waals surface area contributed by atoms with Crippen LogP contribution in [-0.4, -0.2) is 0 Å². The molecule has 2 rings (SSSR count). The van der Waals surface area contributed by atoms with Crippen LogP contribution in [0, 0.1) is 17.5 Å². The molecule has 0 spiro atoms. The van der Waals surface area contributed by atoms with Crippen LogP contribution < -0.4 is 5.73 Å². The van der Waals surface area contributed by atoms with Crippen molar-refractivity contribution >= 4 is 23.2 Å². The Kier molecular flexibility index (Phi) is 4.04. The maximum atomic E-state index is 13.6. The van der Waals surface area contributed by atoms with Crippen LogP contribution in [0.25, 0.3) is 0 Å². The number of hydrogen-bond acceptors (Lipinski definition) is 1. The van der Waals surface area contributed by atoms with Crippen LogP contribution >= 0.6 is 23.2 Å². The molecule has 0 radical (unpaired) electrons. The zero-order chi connectivity index (χ0) is 14.2. The van der Waals surface area contributed by atoms with Gasteiger partial charge in [0.2, 0.25) is 0 Å². The van der Waals surface area contributed by atoms with Crippen LogP contribution in [0.3, 0.4) is 0 Å². The normalized spacial score (nSPS) is 12.5. The highest BCUT2D eigenvalue weighted by molar-refractivity contribution is 6.34. The van der Waals surface area contributed by atoms with E-state index in [2.05, 4.69) is 0 Å². The van der Waals surface area contributed by atoms with Crippen molar-refractivity contribution in [1.29, 1.82) is 0 Å². The lowest BCUT2D eigenvalue weighted by atomic mass is 9.99. The number of halogens is 5. The summed E-state index contributed by atoms with van der Waals surface area (Å²) < 4.78 is 39.6. The third-order valence-corrected chi connectivity index (χ3v) is 3.06. The highest BCUT2D eigenvalue weighted by atomic mass is 35.5. The second kappa shape index (κ2) is 5.41. The first-order valence-electron chi connectivity index (χ1n) is 5.24. The van der Waals surface area contributed by atoms with Gasteiger partial charge in [-0.05, 0) is 29.8 Å². The number of benzene rings is 2. The van der Waals surface area contributed by atoms with Crippen molar-refractivity contribution in [1.82, 2.24) is 0 Å². The Bertz CT molecular complexity index is 611. The quantitative estimate of drug-likeness (QED) is 0.815. The third-order valence-electron chi connectivity index (χ3n) is 2.62. The van der Waals surface area contributed by atoms with Crippen LogP contribution in [-0.2, 0) is 0 Å². The van der Waals surface area contributed by atoms with Gasteiger partial charge >= 0.3 is 0 Å². The molecule has 1 nitrogen and oxygen atoms in total. The third kappa shape index (κ3) is 3.03. The Morgan fingerprint density at radius 2 is 1.32 bits per heavy atom. The molecule has 0 aliphatic carbocycles. The average molecular weight is 306 g/mol. The van der Waals surface area contributed by atoms with E-state index in [1.807, 2.05) is 0 Å². The lowest BCUT2D eigenvalue weighted by Crippen LogP contribution is -2.14. The molecule has 0 saturated carbocycles. The van der Waals surface area contributed by atoms with Gasteiger partial charge in [0.1, 0.15) is 5.82 Å². The predicted molar refractivity (Wildman–Crippen MR) is 68.8 cm³/mol. The molecule has 100 valence electrons. The zero-order valence-electron chi connectivity index (χ0n) is 9.43. The van der Waals surface area contributed by atoms with Crippen LogP contribution in [0.4, 0.5) is 13.2 Å². The smallest absolute Gasteiger partial charge is 0.161 e. The van der Waals surface area contributed by atoms with E-state index in [0.29, 0.717) is 21.7 Å². The Balaban J connectivity index is 2.49. The van der Waals surface area contributed by atoms with Crippen molar-refractivity contribution in [2.75, 3.05) is 0 Å². The molecule has 0 saturated heterocycles. The number of rotatable bonds is 2. The van der Waals surface area contributed by atoms with Crippen LogP contribution in [0.15, 0.2) is 30.3 Å². The molecular formula is C13H8Cl2F3N. The highest BCUT2D eigenvalue weighted by Gasteiger charge is 2.18. The summed E-state index contributed by atoms with van der Waals surface area (Å²) in [7, 11) is 0. The summed E-state index contributed by atoms with van der Waals surface area (Å²) >= 11 is 11.6. The van der Waals surface area contributed by atoms with Gasteiger partial charge in [0.25, 0.3) is 0 Å². The molecule has 0 aliphatic heterocycles. The number of hydrogen-bond donors (Lipinski definition) is 1. The van der Waals surface area contributed by atoms with E-state index in [4.69, 9.17) is 28.9 Å². The van der Waals surface area contributed by atoms with Gasteiger partial charge in [0.15, 0.2) is 11.6 Å². The molecule has 0 fully saturated rings. The standard InChI is InChI=1S/C13H8Cl2F3N/c14-7-1-6(2-8(15)3-7)13(19)9-4-11(17)12(18)5-10(9)16/h1-5,13H,19H2. The Morgan fingerprint density at radius 1 is 0.789 bits per heavy atom. The minimum Gasteiger partial charge on any atom is -0.320 e. The molecule has 1 unspecified atom stereocenters. The molecule has 0 bridgehead atoms. The SMILES string of the molecule is NC(c1cc(Cl)cc(Cl)c1)c1cc(F)c(F)cc1F. The van der Waals surface area contributed by atoms with Gasteiger partial charge in [-0.2, -0.15) is 0 Å². The largest absolute Gasteiger partial charge is 0.320 e. The molecule has 6 heteroatoms. The maximum absolute atomic E-state index is 13.6. The van der Waals surface area contributed by atoms with E-state index in [1.165, 1.54) is 18.2 Å². The van der Waals surface area contributed by atoms with E-state index in [-0.39, 0.29) is 5.56 Å². The van der Waals surface area contributed by atoms with Crippen LogP contribution in [0.2, 0.25) is 10.0 Å². The molecule has 0 aliphatic rings. The maximum Gasteiger partial charge on any atom is 0.161 e. The second-order valence-corrected chi connectivity index (χ2v) is 4.84. The van der Waals surface area contributed by atoms with Crippen molar-refractivity contribution in [3.8, 4) is 0 Å². The van der Waals surface area contributed by atoms with Gasteiger partial charge in [-0.15, -0.1) is 0 Å². The summed E-state index contributed by atoms with van der Waals surface area (Å²) in [5.74, 6) is -3.36. The topological polar surface area (TPSA) is 26.0 Å². The lowest BCUT2D eigenvalue weighted by molar-refractivity contribution is 0.487. The minimum absolute atomic E-state index is 0.169. The van der Waals surface area contributed by atoms with E-state index in [1.54, 1.807) is 0 Å². The molecular weight excluding hydrogens is 298 g/mol. The minimum atomic E-state index is -1.27. The Labute approximate surface area is 117 Å². The van der Waals surface area contributed by atoms with Crippen molar-refractivity contribution in [2.45, 2.75) is 6.04 Å². The van der Waals surface area contributed by atoms with E-state index in [0.717, 1.165) is 6.07 Å². The molecule has 2 aromatic carbocycles. The van der Waals surface area contributed by atoms with Crippen molar-refractivity contribution in [3.05, 3.63) is 69.0 Å². The molecule has 19 heavy (non-hydrogen) atoms. The molecule has 0 heterocycles. The summed E-state index contributed by atoms with van der Waals surface area (Å²) in [6.45, 7) is 0. The highest BCUT2D eigenvalue weighted by Crippen LogP contribution is 2.28. The predicted octanol–water partition coefficient (Wildman–Crippen LogP) is 4.46. The molecule has 1 atom stereocenters. The number of nitrogens with two attached hydrogens (primary N) is 1. The van der Waals surface area contributed by atoms with Gasteiger partial charge in [0, 0.05) is 21.7 Å². The molecule has 2 aromatic rings. The summed E-state index contributed by atoms with van der Waals surface area (Å²) in [6.07, 6.45) is 0. The first kappa shape index (κ1) is 14.2. The first-order valence-corrected chi connectivity index (χ1v) is 6.00. The van der Waals surface area contributed by atoms with Crippen molar-refractivity contribution in [2.24, 2.45) is 5.73 Å². The van der Waals surface area contributed by atoms with Crippen molar-refractivity contribution < 1.29 is 13.2 Å². The van der Waals surface area contributed by atoms with Gasteiger partial charge in [-0.3, -0.25) is 0 Å². The summed E-state index contributed by atoms with van der Waals surface area (Å²) in [5.41, 5.74) is 6.06. The van der Waals surface area contributed by atoms with E-state index in [9.17, 15) is 13.2 Å². The summed E-state index contributed by atoms with van der Waals surface area (Å²) in [6, 6.07) is 4.64. The monoisotopic (exact) mass is 305 g/mol. The average Bonchev–Trinajstić information content (AvgIpc) is 2.31. The van der Waals surface area contributed by atoms with E-state index >= 15 is 0 Å². The first-order chi connectivity index (χ1) is 8.88. The van der Waals surface area contributed by atoms with Crippen LogP contribution in [0.5, 0.6) is 0 Å².